The Balaban J connectivity index is 1.05. The van der Waals surface area contributed by atoms with Crippen molar-refractivity contribution in [1.82, 2.24) is 19.8 Å². The van der Waals surface area contributed by atoms with Gasteiger partial charge < -0.3 is 19.8 Å². The maximum absolute atomic E-state index is 12.9. The normalized spacial score (nSPS) is 18.3. The molecular formula is C36H41N5O6S. The Hall–Kier alpha value is -4.52. The van der Waals surface area contributed by atoms with Crippen molar-refractivity contribution in [3.63, 3.8) is 0 Å². The first kappa shape index (κ1) is 33.4. The summed E-state index contributed by atoms with van der Waals surface area (Å²) >= 11 is 0. The minimum absolute atomic E-state index is 0.200. The standard InChI is InChI=1S/C36H41N5O6S/c1-36(2,3)47-35(43)41-16-19-46-24-32(41)33-37-22-31(39-33)28-10-6-26(7-11-28)27-8-12-29(13-9-27)34(42)38-30-14-4-25(5-15-30)23-40-17-20-48(44,45)21-18-40/h4-15,22,32H,16-21,23-24H2,1-3H3,(H,37,39)(H,38,42). The topological polar surface area (TPSA) is 134 Å². The van der Waals surface area contributed by atoms with Gasteiger partial charge in [0.15, 0.2) is 9.84 Å². The number of rotatable bonds is 7. The van der Waals surface area contributed by atoms with Crippen molar-refractivity contribution >= 4 is 27.5 Å². The van der Waals surface area contributed by atoms with Gasteiger partial charge in [0.1, 0.15) is 17.5 Å². The zero-order valence-corrected chi connectivity index (χ0v) is 28.3. The van der Waals surface area contributed by atoms with Crippen LogP contribution in [0, 0.1) is 0 Å². The summed E-state index contributed by atoms with van der Waals surface area (Å²) in [5.74, 6) is 0.843. The lowest BCUT2D eigenvalue weighted by Crippen LogP contribution is -2.46. The molecule has 2 amide bonds. The molecule has 2 aliphatic rings. The van der Waals surface area contributed by atoms with E-state index in [4.69, 9.17) is 9.47 Å². The number of nitrogens with zero attached hydrogens (tertiary/aromatic N) is 3. The largest absolute Gasteiger partial charge is 0.444 e. The number of carbonyl (C=O) groups is 2. The van der Waals surface area contributed by atoms with Gasteiger partial charge in [-0.25, -0.2) is 18.2 Å². The number of morpholine rings is 1. The van der Waals surface area contributed by atoms with Crippen molar-refractivity contribution in [2.24, 2.45) is 0 Å². The van der Waals surface area contributed by atoms with Crippen molar-refractivity contribution in [3.8, 4) is 22.4 Å². The van der Waals surface area contributed by atoms with Crippen molar-refractivity contribution in [2.75, 3.05) is 49.7 Å². The molecule has 6 rings (SSSR count). The number of H-pyrrole nitrogens is 1. The lowest BCUT2D eigenvalue weighted by Gasteiger charge is -2.35. The van der Waals surface area contributed by atoms with Crippen molar-refractivity contribution in [3.05, 3.63) is 95.9 Å². The molecule has 2 N–H and O–H groups in total. The minimum atomic E-state index is -2.90. The summed E-state index contributed by atoms with van der Waals surface area (Å²) in [5.41, 5.74) is 5.47. The first-order chi connectivity index (χ1) is 22.9. The first-order valence-corrected chi connectivity index (χ1v) is 17.9. The number of imidazole rings is 1. The molecule has 0 aliphatic carbocycles. The third-order valence-electron chi connectivity index (χ3n) is 8.40. The van der Waals surface area contributed by atoms with Gasteiger partial charge in [-0.2, -0.15) is 0 Å². The van der Waals surface area contributed by atoms with Crippen LogP contribution in [0.25, 0.3) is 22.4 Å². The predicted octanol–water partition coefficient (Wildman–Crippen LogP) is 5.53. The highest BCUT2D eigenvalue weighted by molar-refractivity contribution is 7.91. The van der Waals surface area contributed by atoms with Gasteiger partial charge in [-0.1, -0.05) is 48.5 Å². The van der Waals surface area contributed by atoms with E-state index in [-0.39, 0.29) is 29.5 Å². The molecule has 0 bridgehead atoms. The highest BCUT2D eigenvalue weighted by atomic mass is 32.2. The highest BCUT2D eigenvalue weighted by Gasteiger charge is 2.34. The maximum atomic E-state index is 12.9. The molecule has 0 saturated carbocycles. The third kappa shape index (κ3) is 8.30. The van der Waals surface area contributed by atoms with Crippen LogP contribution in [0.2, 0.25) is 0 Å². The first-order valence-electron chi connectivity index (χ1n) is 16.1. The number of hydrogen-bond acceptors (Lipinski definition) is 8. The van der Waals surface area contributed by atoms with Crippen LogP contribution in [-0.2, 0) is 25.9 Å². The van der Waals surface area contributed by atoms with Gasteiger partial charge in [0.2, 0.25) is 0 Å². The molecule has 252 valence electrons. The number of benzene rings is 3. The average Bonchev–Trinajstić information content (AvgIpc) is 3.56. The smallest absolute Gasteiger partial charge is 0.411 e. The lowest BCUT2D eigenvalue weighted by atomic mass is 10.0. The van der Waals surface area contributed by atoms with Gasteiger partial charge in [0.25, 0.3) is 5.91 Å². The van der Waals surface area contributed by atoms with Gasteiger partial charge in [-0.15, -0.1) is 0 Å². The molecule has 1 unspecified atom stereocenters. The second-order valence-corrected chi connectivity index (χ2v) is 15.5. The molecule has 2 aliphatic heterocycles. The van der Waals surface area contributed by atoms with E-state index in [1.54, 1.807) is 23.2 Å². The van der Waals surface area contributed by atoms with Crippen LogP contribution in [0.15, 0.2) is 79.0 Å². The van der Waals surface area contributed by atoms with Crippen molar-refractivity contribution in [1.29, 1.82) is 0 Å². The SMILES string of the molecule is CC(C)(C)OC(=O)N1CCOCC1c1ncc(-c2ccc(-c3ccc(C(=O)Nc4ccc(CN5CCS(=O)(=O)CC5)cc4)cc3)cc2)[nH]1. The molecule has 12 heteroatoms. The summed E-state index contributed by atoms with van der Waals surface area (Å²) in [6.45, 7) is 8.51. The van der Waals surface area contributed by atoms with Gasteiger partial charge >= 0.3 is 6.09 Å². The molecule has 11 nitrogen and oxygen atoms in total. The quantitative estimate of drug-likeness (QED) is 0.262. The third-order valence-corrected chi connectivity index (χ3v) is 10.0. The zero-order valence-electron chi connectivity index (χ0n) is 27.4. The molecule has 0 radical (unpaired) electrons. The summed E-state index contributed by atoms with van der Waals surface area (Å²) in [6, 6.07) is 22.8. The number of aromatic nitrogens is 2. The fourth-order valence-corrected chi connectivity index (χ4v) is 7.02. The van der Waals surface area contributed by atoms with E-state index >= 15 is 0 Å². The van der Waals surface area contributed by atoms with E-state index in [1.165, 1.54) is 0 Å². The fourth-order valence-electron chi connectivity index (χ4n) is 5.74. The summed E-state index contributed by atoms with van der Waals surface area (Å²) < 4.78 is 34.6. The van der Waals surface area contributed by atoms with E-state index in [0.717, 1.165) is 27.9 Å². The van der Waals surface area contributed by atoms with E-state index in [2.05, 4.69) is 20.2 Å². The number of aromatic amines is 1. The molecular weight excluding hydrogens is 630 g/mol. The molecule has 3 heterocycles. The molecule has 3 aromatic carbocycles. The molecule has 0 spiro atoms. The Bertz CT molecular complexity index is 1830. The molecule has 2 saturated heterocycles. The van der Waals surface area contributed by atoms with E-state index in [0.29, 0.717) is 56.5 Å². The van der Waals surface area contributed by atoms with E-state index in [9.17, 15) is 18.0 Å². The van der Waals surface area contributed by atoms with Gasteiger partial charge in [0, 0.05) is 37.4 Å². The molecule has 48 heavy (non-hydrogen) atoms. The fraction of sp³-hybridized carbons (Fsp3) is 0.361. The number of carbonyl (C=O) groups excluding carboxylic acids is 2. The van der Waals surface area contributed by atoms with E-state index < -0.39 is 15.4 Å². The zero-order chi connectivity index (χ0) is 33.9. The number of amides is 2. The van der Waals surface area contributed by atoms with Crippen LogP contribution < -0.4 is 5.32 Å². The van der Waals surface area contributed by atoms with Crippen LogP contribution in [0.1, 0.15) is 48.6 Å². The second kappa shape index (κ2) is 13.9. The number of anilines is 1. The average molecular weight is 672 g/mol. The van der Waals surface area contributed by atoms with Crippen LogP contribution in [0.4, 0.5) is 10.5 Å². The van der Waals surface area contributed by atoms with Crippen LogP contribution >= 0.6 is 0 Å². The Labute approximate surface area is 281 Å². The monoisotopic (exact) mass is 671 g/mol. The van der Waals surface area contributed by atoms with Crippen molar-refractivity contribution < 1.29 is 27.5 Å². The van der Waals surface area contributed by atoms with Crippen molar-refractivity contribution in [2.45, 2.75) is 39.0 Å². The molecule has 1 atom stereocenters. The van der Waals surface area contributed by atoms with Crippen LogP contribution in [0.3, 0.4) is 0 Å². The number of hydrogen-bond donors (Lipinski definition) is 2. The summed E-state index contributed by atoms with van der Waals surface area (Å²) in [5, 5.41) is 2.95. The van der Waals surface area contributed by atoms with Gasteiger partial charge in [-0.05, 0) is 67.3 Å². The summed E-state index contributed by atoms with van der Waals surface area (Å²) in [7, 11) is -2.90. The number of nitrogens with one attached hydrogen (secondary N) is 2. The van der Waals surface area contributed by atoms with E-state index in [1.807, 2.05) is 81.4 Å². The highest BCUT2D eigenvalue weighted by Crippen LogP contribution is 2.29. The van der Waals surface area contributed by atoms with Crippen LogP contribution in [-0.4, -0.2) is 90.1 Å². The molecule has 1 aromatic heterocycles. The second-order valence-electron chi connectivity index (χ2n) is 13.2. The number of ether oxygens (including phenoxy) is 2. The minimum Gasteiger partial charge on any atom is -0.444 e. The Morgan fingerprint density at radius 1 is 0.917 bits per heavy atom. The number of sulfone groups is 1. The van der Waals surface area contributed by atoms with Crippen LogP contribution in [0.5, 0.6) is 0 Å². The molecule has 2 fully saturated rings. The Kier molecular flexibility index (Phi) is 9.68. The van der Waals surface area contributed by atoms with Gasteiger partial charge in [-0.3, -0.25) is 14.6 Å². The maximum Gasteiger partial charge on any atom is 0.411 e. The predicted molar refractivity (Wildman–Crippen MR) is 184 cm³/mol. The summed E-state index contributed by atoms with van der Waals surface area (Å²) in [6.07, 6.45) is 1.37. The Morgan fingerprint density at radius 3 is 2.19 bits per heavy atom. The summed E-state index contributed by atoms with van der Waals surface area (Å²) in [4.78, 5) is 37.5. The lowest BCUT2D eigenvalue weighted by molar-refractivity contribution is -0.0349. The molecule has 4 aromatic rings. The van der Waals surface area contributed by atoms with Gasteiger partial charge in [0.05, 0.1) is 36.6 Å². The Morgan fingerprint density at radius 2 is 1.54 bits per heavy atom.